The third-order valence-electron chi connectivity index (χ3n) is 4.75. The Morgan fingerprint density at radius 1 is 1.19 bits per heavy atom. The van der Waals surface area contributed by atoms with E-state index in [1.165, 1.54) is 35.8 Å². The van der Waals surface area contributed by atoms with Gasteiger partial charge in [0.2, 0.25) is 10.0 Å². The van der Waals surface area contributed by atoms with E-state index in [0.29, 0.717) is 29.4 Å². The molecule has 1 heterocycles. The van der Waals surface area contributed by atoms with Gasteiger partial charge < -0.3 is 4.74 Å². The molecule has 0 saturated carbocycles. The molecular formula is C22H24FN3O5S. The molecule has 0 aliphatic rings. The lowest BCUT2D eigenvalue weighted by molar-refractivity contribution is -0.146. The van der Waals surface area contributed by atoms with Crippen LogP contribution in [0.5, 0.6) is 0 Å². The number of halogens is 1. The number of benzene rings is 2. The number of hydrogen-bond donors (Lipinski definition) is 1. The molecule has 170 valence electrons. The van der Waals surface area contributed by atoms with Gasteiger partial charge in [0.25, 0.3) is 5.56 Å². The highest BCUT2D eigenvalue weighted by atomic mass is 32.2. The van der Waals surface area contributed by atoms with Gasteiger partial charge in [-0.05, 0) is 49.7 Å². The molecule has 3 aromatic rings. The second kappa shape index (κ2) is 10.0. The normalized spacial score (nSPS) is 12.6. The number of ether oxygens (including phenoxy) is 1. The summed E-state index contributed by atoms with van der Waals surface area (Å²) in [5.41, 5.74) is 0.367. The molecule has 10 heteroatoms. The maximum atomic E-state index is 13.4. The Morgan fingerprint density at radius 2 is 1.88 bits per heavy atom. The van der Waals surface area contributed by atoms with Crippen LogP contribution in [0.3, 0.4) is 0 Å². The molecule has 0 unspecified atom stereocenters. The SMILES string of the molecule is CCCCS(=O)(=O)N[C@@H](C)C(=O)OCc1nc2ccccc2c(=O)n1-c1ccc(F)cc1. The topological polar surface area (TPSA) is 107 Å². The molecule has 1 atom stereocenters. The summed E-state index contributed by atoms with van der Waals surface area (Å²) in [6.07, 6.45) is 1.18. The van der Waals surface area contributed by atoms with E-state index in [4.69, 9.17) is 4.74 Å². The van der Waals surface area contributed by atoms with Crippen molar-refractivity contribution in [1.29, 1.82) is 0 Å². The van der Waals surface area contributed by atoms with Crippen LogP contribution in [0.25, 0.3) is 16.6 Å². The average Bonchev–Trinajstić information content (AvgIpc) is 2.77. The van der Waals surface area contributed by atoms with Gasteiger partial charge in [-0.1, -0.05) is 25.5 Å². The molecule has 0 aliphatic carbocycles. The summed E-state index contributed by atoms with van der Waals surface area (Å²) in [7, 11) is -3.62. The van der Waals surface area contributed by atoms with Gasteiger partial charge in [-0.2, -0.15) is 0 Å². The van der Waals surface area contributed by atoms with Crippen LogP contribution >= 0.6 is 0 Å². The van der Waals surface area contributed by atoms with Crippen LogP contribution in [0.2, 0.25) is 0 Å². The molecule has 0 radical (unpaired) electrons. The molecule has 0 aliphatic heterocycles. The fourth-order valence-electron chi connectivity index (χ4n) is 3.10. The van der Waals surface area contributed by atoms with Crippen molar-refractivity contribution in [3.63, 3.8) is 0 Å². The minimum atomic E-state index is -3.62. The lowest BCUT2D eigenvalue weighted by Gasteiger charge is -2.16. The molecule has 8 nitrogen and oxygen atoms in total. The zero-order valence-corrected chi connectivity index (χ0v) is 18.6. The largest absolute Gasteiger partial charge is 0.456 e. The Balaban J connectivity index is 1.88. The molecule has 0 fully saturated rings. The van der Waals surface area contributed by atoms with Gasteiger partial charge in [-0.3, -0.25) is 14.2 Å². The number of carbonyl (C=O) groups excluding carboxylic acids is 1. The van der Waals surface area contributed by atoms with Crippen molar-refractivity contribution in [1.82, 2.24) is 14.3 Å². The van der Waals surface area contributed by atoms with Crippen LogP contribution in [-0.4, -0.2) is 35.7 Å². The van der Waals surface area contributed by atoms with Gasteiger partial charge in [0, 0.05) is 0 Å². The lowest BCUT2D eigenvalue weighted by Crippen LogP contribution is -2.40. The van der Waals surface area contributed by atoms with Crippen molar-refractivity contribution in [3.8, 4) is 5.69 Å². The van der Waals surface area contributed by atoms with E-state index < -0.39 is 33.4 Å². The number of nitrogens with zero attached hydrogens (tertiary/aromatic N) is 2. The fraction of sp³-hybridized carbons (Fsp3) is 0.318. The first-order valence-corrected chi connectivity index (χ1v) is 11.8. The Hall–Kier alpha value is -3.11. The smallest absolute Gasteiger partial charge is 0.324 e. The van der Waals surface area contributed by atoms with Crippen molar-refractivity contribution in [3.05, 3.63) is 70.5 Å². The van der Waals surface area contributed by atoms with E-state index in [1.54, 1.807) is 24.3 Å². The Labute approximate surface area is 185 Å². The molecule has 0 spiro atoms. The number of rotatable bonds is 9. The van der Waals surface area contributed by atoms with Crippen LogP contribution in [0.4, 0.5) is 4.39 Å². The minimum Gasteiger partial charge on any atom is -0.456 e. The number of unbranched alkanes of at least 4 members (excludes halogenated alkanes) is 1. The first-order chi connectivity index (χ1) is 15.2. The Kier molecular flexibility index (Phi) is 7.37. The Bertz CT molecular complexity index is 1270. The standard InChI is InChI=1S/C22H24FN3O5S/c1-3-4-13-32(29,30)25-15(2)22(28)31-14-20-24-19-8-6-5-7-18(19)21(27)26(20)17-11-9-16(23)10-12-17/h5-12,15,25H,3-4,13-14H2,1-2H3/t15-/m0/s1. The molecule has 1 N–H and O–H groups in total. The number of carbonyl (C=O) groups is 1. The van der Waals surface area contributed by atoms with Crippen LogP contribution in [0, 0.1) is 5.82 Å². The highest BCUT2D eigenvalue weighted by Crippen LogP contribution is 2.15. The van der Waals surface area contributed by atoms with Crippen molar-refractivity contribution in [2.24, 2.45) is 0 Å². The van der Waals surface area contributed by atoms with E-state index in [9.17, 15) is 22.4 Å². The molecule has 0 saturated heterocycles. The molecule has 3 rings (SSSR count). The van der Waals surface area contributed by atoms with E-state index in [0.717, 1.165) is 0 Å². The van der Waals surface area contributed by atoms with E-state index in [1.807, 2.05) is 6.92 Å². The monoisotopic (exact) mass is 461 g/mol. The van der Waals surface area contributed by atoms with Crippen molar-refractivity contribution in [2.45, 2.75) is 39.3 Å². The molecule has 0 amide bonds. The number of esters is 1. The lowest BCUT2D eigenvalue weighted by atomic mass is 10.2. The van der Waals surface area contributed by atoms with Crippen LogP contribution in [0.1, 0.15) is 32.5 Å². The number of fused-ring (bicyclic) bond motifs is 1. The first-order valence-electron chi connectivity index (χ1n) is 10.1. The average molecular weight is 462 g/mol. The number of sulfonamides is 1. The second-order valence-corrected chi connectivity index (χ2v) is 9.16. The summed E-state index contributed by atoms with van der Waals surface area (Å²) >= 11 is 0. The summed E-state index contributed by atoms with van der Waals surface area (Å²) in [6, 6.07) is 10.8. The van der Waals surface area contributed by atoms with Crippen LogP contribution < -0.4 is 10.3 Å². The summed E-state index contributed by atoms with van der Waals surface area (Å²) in [5, 5.41) is 0.351. The van der Waals surface area contributed by atoms with Gasteiger partial charge in [-0.25, -0.2) is 22.5 Å². The second-order valence-electron chi connectivity index (χ2n) is 7.28. The predicted molar refractivity (Wildman–Crippen MR) is 118 cm³/mol. The quantitative estimate of drug-likeness (QED) is 0.491. The van der Waals surface area contributed by atoms with E-state index in [2.05, 4.69) is 9.71 Å². The van der Waals surface area contributed by atoms with E-state index >= 15 is 0 Å². The Morgan fingerprint density at radius 3 is 2.56 bits per heavy atom. The molecule has 1 aromatic heterocycles. The third-order valence-corrected chi connectivity index (χ3v) is 6.29. The van der Waals surface area contributed by atoms with Crippen molar-refractivity contribution >= 4 is 26.9 Å². The molecule has 0 bridgehead atoms. The maximum absolute atomic E-state index is 13.4. The van der Waals surface area contributed by atoms with Crippen LogP contribution in [-0.2, 0) is 26.2 Å². The predicted octanol–water partition coefficient (Wildman–Crippen LogP) is 2.68. The third kappa shape index (κ3) is 5.57. The number of nitrogens with one attached hydrogen (secondary N) is 1. The van der Waals surface area contributed by atoms with Crippen molar-refractivity contribution in [2.75, 3.05) is 5.75 Å². The molecule has 2 aromatic carbocycles. The van der Waals surface area contributed by atoms with Gasteiger partial charge in [0.15, 0.2) is 5.82 Å². The number of hydrogen-bond acceptors (Lipinski definition) is 6. The van der Waals surface area contributed by atoms with E-state index in [-0.39, 0.29) is 18.2 Å². The highest BCUT2D eigenvalue weighted by molar-refractivity contribution is 7.89. The number of para-hydroxylation sites is 1. The first kappa shape index (κ1) is 23.6. The van der Waals surface area contributed by atoms with Crippen LogP contribution in [0.15, 0.2) is 53.3 Å². The summed E-state index contributed by atoms with van der Waals surface area (Å²) in [4.78, 5) is 29.9. The van der Waals surface area contributed by atoms with Gasteiger partial charge in [-0.15, -0.1) is 0 Å². The van der Waals surface area contributed by atoms with Crippen molar-refractivity contribution < 1.29 is 22.3 Å². The summed E-state index contributed by atoms with van der Waals surface area (Å²) in [6.45, 7) is 2.87. The zero-order valence-electron chi connectivity index (χ0n) is 17.7. The minimum absolute atomic E-state index is 0.0859. The molecular weight excluding hydrogens is 437 g/mol. The number of aromatic nitrogens is 2. The fourth-order valence-corrected chi connectivity index (χ4v) is 4.52. The van der Waals surface area contributed by atoms with Gasteiger partial charge in [0.05, 0.1) is 22.3 Å². The zero-order chi connectivity index (χ0) is 23.3. The maximum Gasteiger partial charge on any atom is 0.324 e. The summed E-state index contributed by atoms with van der Waals surface area (Å²) in [5.74, 6) is -1.24. The highest BCUT2D eigenvalue weighted by Gasteiger charge is 2.22. The summed E-state index contributed by atoms with van der Waals surface area (Å²) < 4.78 is 46.2. The molecule has 32 heavy (non-hydrogen) atoms. The van der Waals surface area contributed by atoms with Gasteiger partial charge in [0.1, 0.15) is 18.5 Å². The van der Waals surface area contributed by atoms with Gasteiger partial charge >= 0.3 is 5.97 Å².